The molecule has 0 saturated carbocycles. The molecule has 1 amide bonds. The number of fused-ring (bicyclic) bond motifs is 3. The van der Waals surface area contributed by atoms with E-state index in [0.29, 0.717) is 0 Å². The Kier molecular flexibility index (Phi) is 4.08. The van der Waals surface area contributed by atoms with Gasteiger partial charge in [-0.2, -0.15) is 0 Å². The lowest BCUT2D eigenvalue weighted by atomic mass is 9.95. The Balaban J connectivity index is 1.65. The Morgan fingerprint density at radius 3 is 2.64 bits per heavy atom. The van der Waals surface area contributed by atoms with Gasteiger partial charge in [0.2, 0.25) is 0 Å². The maximum atomic E-state index is 13.0. The lowest BCUT2D eigenvalue weighted by Gasteiger charge is -2.25. The van der Waals surface area contributed by atoms with Gasteiger partial charge in [-0.05, 0) is 61.9 Å². The smallest absolute Gasteiger partial charge is 0.254 e. The van der Waals surface area contributed by atoms with Crippen molar-refractivity contribution in [1.82, 2.24) is 9.88 Å². The standard InChI is InChI=1S/C22H24N2O/c1-15(16-8-4-3-5-9-16)24(2)22(25)17-12-13-21-19(14-17)18-10-6-7-11-20(18)23-21/h3-5,8-9,12-15,23H,6-7,10-11H2,1-2H3. The Bertz CT molecular complexity index is 910. The van der Waals surface area contributed by atoms with Crippen molar-refractivity contribution in [2.24, 2.45) is 0 Å². The summed E-state index contributed by atoms with van der Waals surface area (Å²) in [6.07, 6.45) is 4.73. The van der Waals surface area contributed by atoms with Crippen molar-refractivity contribution in [3.05, 3.63) is 70.9 Å². The summed E-state index contributed by atoms with van der Waals surface area (Å²) in [5.74, 6) is 0.0732. The number of carbonyl (C=O) groups is 1. The summed E-state index contributed by atoms with van der Waals surface area (Å²) in [6, 6.07) is 16.3. The molecule has 1 aliphatic rings. The molecule has 1 unspecified atom stereocenters. The van der Waals surface area contributed by atoms with Crippen molar-refractivity contribution < 1.29 is 4.79 Å². The summed E-state index contributed by atoms with van der Waals surface area (Å²) in [5, 5.41) is 1.22. The van der Waals surface area contributed by atoms with Crippen LogP contribution in [0.4, 0.5) is 0 Å². The third-order valence-corrected chi connectivity index (χ3v) is 5.53. The van der Waals surface area contributed by atoms with Crippen LogP contribution in [0, 0.1) is 0 Å². The molecule has 0 aliphatic heterocycles. The fourth-order valence-electron chi connectivity index (χ4n) is 3.87. The number of aromatic nitrogens is 1. The van der Waals surface area contributed by atoms with Gasteiger partial charge in [-0.25, -0.2) is 0 Å². The molecule has 1 atom stereocenters. The number of benzene rings is 2. The molecule has 1 aromatic heterocycles. The number of carbonyl (C=O) groups excluding carboxylic acids is 1. The molecular weight excluding hydrogens is 308 g/mol. The first kappa shape index (κ1) is 15.9. The number of hydrogen-bond acceptors (Lipinski definition) is 1. The van der Waals surface area contributed by atoms with Crippen LogP contribution in [0.2, 0.25) is 0 Å². The highest BCUT2D eigenvalue weighted by Gasteiger charge is 2.21. The average molecular weight is 332 g/mol. The first-order valence-electron chi connectivity index (χ1n) is 9.10. The van der Waals surface area contributed by atoms with E-state index < -0.39 is 0 Å². The van der Waals surface area contributed by atoms with E-state index in [2.05, 4.69) is 36.2 Å². The summed E-state index contributed by atoms with van der Waals surface area (Å²) in [4.78, 5) is 18.4. The molecule has 128 valence electrons. The minimum atomic E-state index is 0.0459. The number of nitrogens with one attached hydrogen (secondary N) is 1. The topological polar surface area (TPSA) is 36.1 Å². The second kappa shape index (κ2) is 6.40. The van der Waals surface area contributed by atoms with Crippen molar-refractivity contribution in [1.29, 1.82) is 0 Å². The second-order valence-corrected chi connectivity index (χ2v) is 7.05. The van der Waals surface area contributed by atoms with Gasteiger partial charge >= 0.3 is 0 Å². The van der Waals surface area contributed by atoms with Crippen LogP contribution < -0.4 is 0 Å². The summed E-state index contributed by atoms with van der Waals surface area (Å²) in [6.45, 7) is 2.07. The van der Waals surface area contributed by atoms with E-state index in [0.717, 1.165) is 29.5 Å². The van der Waals surface area contributed by atoms with E-state index in [1.807, 2.05) is 36.2 Å². The first-order valence-corrected chi connectivity index (χ1v) is 9.10. The summed E-state index contributed by atoms with van der Waals surface area (Å²) in [5.41, 5.74) is 5.84. The zero-order valence-corrected chi connectivity index (χ0v) is 14.9. The molecule has 3 heteroatoms. The number of aromatic amines is 1. The van der Waals surface area contributed by atoms with Crippen LogP contribution in [-0.4, -0.2) is 22.8 Å². The number of rotatable bonds is 3. The maximum absolute atomic E-state index is 13.0. The van der Waals surface area contributed by atoms with Crippen LogP contribution in [0.15, 0.2) is 48.5 Å². The molecule has 3 nitrogen and oxygen atoms in total. The second-order valence-electron chi connectivity index (χ2n) is 7.05. The molecule has 0 bridgehead atoms. The summed E-state index contributed by atoms with van der Waals surface area (Å²) in [7, 11) is 1.89. The van der Waals surface area contributed by atoms with Crippen molar-refractivity contribution in [3.63, 3.8) is 0 Å². The van der Waals surface area contributed by atoms with Crippen LogP contribution in [0.5, 0.6) is 0 Å². The third-order valence-electron chi connectivity index (χ3n) is 5.53. The number of nitrogens with zero attached hydrogens (tertiary/aromatic N) is 1. The molecule has 1 N–H and O–H groups in total. The SMILES string of the molecule is CC(c1ccccc1)N(C)C(=O)c1ccc2[nH]c3c(c2c1)CCCC3. The fourth-order valence-corrected chi connectivity index (χ4v) is 3.87. The van der Waals surface area contributed by atoms with Crippen molar-refractivity contribution in [2.75, 3.05) is 7.05 Å². The highest BCUT2D eigenvalue weighted by atomic mass is 16.2. The highest BCUT2D eigenvalue weighted by Crippen LogP contribution is 2.30. The van der Waals surface area contributed by atoms with Crippen LogP contribution in [0.25, 0.3) is 10.9 Å². The Morgan fingerprint density at radius 1 is 1.08 bits per heavy atom. The molecule has 1 aliphatic carbocycles. The summed E-state index contributed by atoms with van der Waals surface area (Å²) >= 11 is 0. The number of H-pyrrole nitrogens is 1. The van der Waals surface area contributed by atoms with E-state index in [1.165, 1.54) is 29.5 Å². The summed E-state index contributed by atoms with van der Waals surface area (Å²) < 4.78 is 0. The van der Waals surface area contributed by atoms with E-state index in [9.17, 15) is 4.79 Å². The molecular formula is C22H24N2O. The lowest BCUT2D eigenvalue weighted by Crippen LogP contribution is -2.29. The van der Waals surface area contributed by atoms with Crippen LogP contribution >= 0.6 is 0 Å². The molecule has 4 rings (SSSR count). The number of hydrogen-bond donors (Lipinski definition) is 1. The van der Waals surface area contributed by atoms with Gasteiger partial charge in [0.05, 0.1) is 6.04 Å². The number of amides is 1. The quantitative estimate of drug-likeness (QED) is 0.729. The molecule has 0 saturated heterocycles. The average Bonchev–Trinajstić information content (AvgIpc) is 3.04. The first-order chi connectivity index (χ1) is 12.1. The van der Waals surface area contributed by atoms with E-state index in [1.54, 1.807) is 0 Å². The largest absolute Gasteiger partial charge is 0.358 e. The predicted molar refractivity (Wildman–Crippen MR) is 102 cm³/mol. The van der Waals surface area contributed by atoms with Crippen molar-refractivity contribution in [2.45, 2.75) is 38.6 Å². The zero-order valence-electron chi connectivity index (χ0n) is 14.9. The zero-order chi connectivity index (χ0) is 17.4. The van der Waals surface area contributed by atoms with Gasteiger partial charge in [-0.3, -0.25) is 4.79 Å². The van der Waals surface area contributed by atoms with E-state index >= 15 is 0 Å². The highest BCUT2D eigenvalue weighted by molar-refractivity contribution is 5.99. The number of aryl methyl sites for hydroxylation is 2. The van der Waals surface area contributed by atoms with Gasteiger partial charge in [0, 0.05) is 29.2 Å². The normalized spacial score (nSPS) is 15.0. The molecule has 2 aromatic carbocycles. The minimum Gasteiger partial charge on any atom is -0.358 e. The van der Waals surface area contributed by atoms with Gasteiger partial charge in [0.25, 0.3) is 5.91 Å². The molecule has 25 heavy (non-hydrogen) atoms. The van der Waals surface area contributed by atoms with Gasteiger partial charge < -0.3 is 9.88 Å². The molecule has 0 radical (unpaired) electrons. The van der Waals surface area contributed by atoms with Crippen LogP contribution in [0.3, 0.4) is 0 Å². The van der Waals surface area contributed by atoms with Gasteiger partial charge in [-0.15, -0.1) is 0 Å². The fraction of sp³-hybridized carbons (Fsp3) is 0.318. The lowest BCUT2D eigenvalue weighted by molar-refractivity contribution is 0.0743. The van der Waals surface area contributed by atoms with Gasteiger partial charge in [0.15, 0.2) is 0 Å². The molecule has 0 spiro atoms. The van der Waals surface area contributed by atoms with E-state index in [-0.39, 0.29) is 11.9 Å². The van der Waals surface area contributed by atoms with Gasteiger partial charge in [-0.1, -0.05) is 30.3 Å². The Hall–Kier alpha value is -2.55. The van der Waals surface area contributed by atoms with Crippen molar-refractivity contribution >= 4 is 16.8 Å². The molecule has 1 heterocycles. The predicted octanol–water partition coefficient (Wildman–Crippen LogP) is 4.88. The molecule has 0 fully saturated rings. The monoisotopic (exact) mass is 332 g/mol. The van der Waals surface area contributed by atoms with E-state index in [4.69, 9.17) is 0 Å². The van der Waals surface area contributed by atoms with Crippen LogP contribution in [-0.2, 0) is 12.8 Å². The van der Waals surface area contributed by atoms with Gasteiger partial charge in [0.1, 0.15) is 0 Å². The third kappa shape index (κ3) is 2.84. The Labute approximate surface area is 148 Å². The maximum Gasteiger partial charge on any atom is 0.254 e. The molecule has 3 aromatic rings. The Morgan fingerprint density at radius 2 is 1.84 bits per heavy atom. The minimum absolute atomic E-state index is 0.0459. The van der Waals surface area contributed by atoms with Crippen LogP contribution in [0.1, 0.15) is 53.0 Å². The van der Waals surface area contributed by atoms with Crippen molar-refractivity contribution in [3.8, 4) is 0 Å².